The van der Waals surface area contributed by atoms with Crippen LogP contribution in [-0.2, 0) is 0 Å². The summed E-state index contributed by atoms with van der Waals surface area (Å²) in [5, 5.41) is 22.1. The van der Waals surface area contributed by atoms with Crippen LogP contribution < -0.4 is 0 Å². The van der Waals surface area contributed by atoms with Crippen LogP contribution >= 0.6 is 68.0 Å². The Kier molecular flexibility index (Phi) is 6.46. The van der Waals surface area contributed by atoms with Crippen LogP contribution in [0.3, 0.4) is 0 Å². The van der Waals surface area contributed by atoms with Gasteiger partial charge in [-0.25, -0.2) is 0 Å². The normalized spacial score (nSPS) is 10.7. The fourth-order valence-electron chi connectivity index (χ4n) is 1.53. The first-order valence-electron chi connectivity index (χ1n) is 5.82. The first-order valence-corrected chi connectivity index (χ1v) is 9.48. The standard InChI is InChI=1S/C12H4Cl4N2O4S2/c13-5-1-7(15)11(3-9(5)17(19)20)23-24-12-4-10(18(21)22)6(14)2-8(12)16/h1-4H. The van der Waals surface area contributed by atoms with Crippen LogP contribution in [0.25, 0.3) is 0 Å². The summed E-state index contributed by atoms with van der Waals surface area (Å²) in [7, 11) is 2.10. The average molecular weight is 446 g/mol. The Bertz CT molecular complexity index is 781. The number of nitrogens with zero attached hydrogens (tertiary/aromatic N) is 2. The Morgan fingerprint density at radius 1 is 0.667 bits per heavy atom. The molecule has 0 bridgehead atoms. The van der Waals surface area contributed by atoms with Gasteiger partial charge in [0.05, 0.1) is 19.9 Å². The molecule has 0 atom stereocenters. The molecule has 0 aliphatic carbocycles. The van der Waals surface area contributed by atoms with E-state index in [1.807, 2.05) is 0 Å². The van der Waals surface area contributed by atoms with Crippen molar-refractivity contribution in [3.63, 3.8) is 0 Å². The lowest BCUT2D eigenvalue weighted by atomic mass is 10.3. The summed E-state index contributed by atoms with van der Waals surface area (Å²) in [6.07, 6.45) is 0. The Labute approximate surface area is 163 Å². The summed E-state index contributed by atoms with van der Waals surface area (Å²) < 4.78 is 0. The molecule has 0 saturated heterocycles. The zero-order chi connectivity index (χ0) is 18.0. The van der Waals surface area contributed by atoms with Gasteiger partial charge in [-0.15, -0.1) is 0 Å². The highest BCUT2D eigenvalue weighted by molar-refractivity contribution is 8.76. The minimum atomic E-state index is -0.631. The zero-order valence-corrected chi connectivity index (χ0v) is 15.8. The third-order valence-corrected chi connectivity index (χ3v) is 6.52. The Morgan fingerprint density at radius 3 is 1.29 bits per heavy atom. The molecule has 6 nitrogen and oxygen atoms in total. The zero-order valence-electron chi connectivity index (χ0n) is 11.2. The van der Waals surface area contributed by atoms with E-state index in [1.54, 1.807) is 0 Å². The van der Waals surface area contributed by atoms with Crippen molar-refractivity contribution in [2.45, 2.75) is 9.79 Å². The Balaban J connectivity index is 2.32. The van der Waals surface area contributed by atoms with Crippen LogP contribution in [0.15, 0.2) is 34.1 Å². The van der Waals surface area contributed by atoms with Crippen molar-refractivity contribution in [2.75, 3.05) is 0 Å². The SMILES string of the molecule is O=[N+]([O-])c1cc(SSc2cc([N+](=O)[O-])c(Cl)cc2Cl)c(Cl)cc1Cl. The highest BCUT2D eigenvalue weighted by Gasteiger charge is 2.19. The second kappa shape index (κ2) is 7.99. The molecule has 0 saturated carbocycles. The quantitative estimate of drug-likeness (QED) is 0.282. The molecule has 2 aromatic carbocycles. The number of hydrogen-bond donors (Lipinski definition) is 0. The number of halogens is 4. The number of rotatable bonds is 5. The topological polar surface area (TPSA) is 86.3 Å². The number of hydrogen-bond acceptors (Lipinski definition) is 6. The molecule has 0 amide bonds. The third kappa shape index (κ3) is 4.38. The van der Waals surface area contributed by atoms with E-state index in [9.17, 15) is 20.2 Å². The van der Waals surface area contributed by atoms with Gasteiger partial charge in [-0.1, -0.05) is 68.0 Å². The lowest BCUT2D eigenvalue weighted by Crippen LogP contribution is -1.90. The van der Waals surface area contributed by atoms with Gasteiger partial charge >= 0.3 is 0 Å². The molecule has 2 rings (SSSR count). The largest absolute Gasteiger partial charge is 0.289 e. The van der Waals surface area contributed by atoms with Gasteiger partial charge in [-0.2, -0.15) is 0 Å². The van der Waals surface area contributed by atoms with E-state index < -0.39 is 9.85 Å². The van der Waals surface area contributed by atoms with Gasteiger partial charge in [-0.05, 0) is 12.1 Å². The maximum Gasteiger partial charge on any atom is 0.289 e. The molecular formula is C12H4Cl4N2O4S2. The summed E-state index contributed by atoms with van der Waals surface area (Å²) >= 11 is 23.5. The van der Waals surface area contributed by atoms with Gasteiger partial charge in [0.1, 0.15) is 10.0 Å². The van der Waals surface area contributed by atoms with E-state index in [2.05, 4.69) is 0 Å². The average Bonchev–Trinajstić information content (AvgIpc) is 2.47. The molecule has 0 N–H and O–H groups in total. The minimum Gasteiger partial charge on any atom is -0.258 e. The molecule has 24 heavy (non-hydrogen) atoms. The van der Waals surface area contributed by atoms with Crippen LogP contribution in [0.4, 0.5) is 11.4 Å². The Hall–Kier alpha value is -0.900. The van der Waals surface area contributed by atoms with Crippen LogP contribution in [0, 0.1) is 20.2 Å². The highest BCUT2D eigenvalue weighted by Crippen LogP contribution is 2.47. The maximum absolute atomic E-state index is 10.9. The molecule has 12 heteroatoms. The molecule has 0 fully saturated rings. The number of nitro groups is 2. The third-order valence-electron chi connectivity index (χ3n) is 2.62. The van der Waals surface area contributed by atoms with Gasteiger partial charge in [0.15, 0.2) is 0 Å². The van der Waals surface area contributed by atoms with Crippen molar-refractivity contribution in [1.82, 2.24) is 0 Å². The molecule has 0 aromatic heterocycles. The summed E-state index contributed by atoms with van der Waals surface area (Å²) in [4.78, 5) is 21.3. The fourth-order valence-corrected chi connectivity index (χ4v) is 5.09. The molecule has 126 valence electrons. The second-order valence-corrected chi connectivity index (χ2v) is 7.99. The first-order chi connectivity index (χ1) is 11.2. The molecule has 0 spiro atoms. The monoisotopic (exact) mass is 444 g/mol. The van der Waals surface area contributed by atoms with E-state index >= 15 is 0 Å². The summed E-state index contributed by atoms with van der Waals surface area (Å²) in [6.45, 7) is 0. The van der Waals surface area contributed by atoms with Gasteiger partial charge in [0.2, 0.25) is 0 Å². The van der Waals surface area contributed by atoms with Gasteiger partial charge in [-0.3, -0.25) is 20.2 Å². The molecule has 0 aliphatic rings. The highest BCUT2D eigenvalue weighted by atomic mass is 35.5. The van der Waals surface area contributed by atoms with Gasteiger partial charge in [0.25, 0.3) is 11.4 Å². The summed E-state index contributed by atoms with van der Waals surface area (Å²) in [6, 6.07) is 4.97. The van der Waals surface area contributed by atoms with E-state index in [0.717, 1.165) is 21.6 Å². The lowest BCUT2D eigenvalue weighted by Gasteiger charge is -2.07. The van der Waals surface area contributed by atoms with Crippen molar-refractivity contribution in [2.24, 2.45) is 0 Å². The summed E-state index contributed by atoms with van der Waals surface area (Å²) in [5.74, 6) is 0. The maximum atomic E-state index is 10.9. The van der Waals surface area contributed by atoms with E-state index in [0.29, 0.717) is 9.79 Å². The summed E-state index contributed by atoms with van der Waals surface area (Å²) in [5.41, 5.74) is -0.588. The predicted molar refractivity (Wildman–Crippen MR) is 97.9 cm³/mol. The van der Waals surface area contributed by atoms with Crippen LogP contribution in [0.1, 0.15) is 0 Å². The van der Waals surface area contributed by atoms with Gasteiger partial charge in [0, 0.05) is 21.9 Å². The molecule has 0 heterocycles. The first kappa shape index (κ1) is 19.4. The molecular weight excluding hydrogens is 442 g/mol. The van der Waals surface area contributed by atoms with Crippen LogP contribution in [-0.4, -0.2) is 9.85 Å². The minimum absolute atomic E-state index is 0.0838. The van der Waals surface area contributed by atoms with E-state index in [1.165, 1.54) is 24.3 Å². The van der Waals surface area contributed by atoms with Crippen molar-refractivity contribution in [3.05, 3.63) is 64.6 Å². The smallest absolute Gasteiger partial charge is 0.258 e. The molecule has 0 aliphatic heterocycles. The number of benzene rings is 2. The van der Waals surface area contributed by atoms with E-state index in [-0.39, 0.29) is 31.5 Å². The Morgan fingerprint density at radius 2 is 1.00 bits per heavy atom. The van der Waals surface area contributed by atoms with Crippen LogP contribution in [0.2, 0.25) is 20.1 Å². The van der Waals surface area contributed by atoms with Crippen molar-refractivity contribution in [1.29, 1.82) is 0 Å². The predicted octanol–water partition coefficient (Wildman–Crippen LogP) is 6.92. The van der Waals surface area contributed by atoms with Crippen LogP contribution in [0.5, 0.6) is 0 Å². The fraction of sp³-hybridized carbons (Fsp3) is 0. The molecule has 0 radical (unpaired) electrons. The van der Waals surface area contributed by atoms with Gasteiger partial charge < -0.3 is 0 Å². The van der Waals surface area contributed by atoms with E-state index in [4.69, 9.17) is 46.4 Å². The van der Waals surface area contributed by atoms with Crippen molar-refractivity contribution >= 4 is 79.4 Å². The molecule has 2 aromatic rings. The lowest BCUT2D eigenvalue weighted by molar-refractivity contribution is -0.385. The number of nitro benzene ring substituents is 2. The van der Waals surface area contributed by atoms with Crippen molar-refractivity contribution in [3.8, 4) is 0 Å². The van der Waals surface area contributed by atoms with Crippen molar-refractivity contribution < 1.29 is 9.85 Å². The molecule has 0 unspecified atom stereocenters. The second-order valence-electron chi connectivity index (χ2n) is 4.15.